The maximum Gasteiger partial charge on any atom is 0.153 e. The molecule has 0 heterocycles. The topological polar surface area (TPSA) is 34.1 Å². The van der Waals surface area contributed by atoms with E-state index in [1.165, 1.54) is 6.07 Å². The van der Waals surface area contributed by atoms with E-state index in [4.69, 9.17) is 0 Å². The number of hydrogen-bond donors (Lipinski definition) is 0. The van der Waals surface area contributed by atoms with Crippen LogP contribution in [0.3, 0.4) is 0 Å². The maximum absolute atomic E-state index is 13.4. The molecular weight excluding hydrogens is 215 g/mol. The van der Waals surface area contributed by atoms with Crippen molar-refractivity contribution in [2.75, 3.05) is 5.75 Å². The molecule has 15 heavy (non-hydrogen) atoms. The van der Waals surface area contributed by atoms with Gasteiger partial charge in [0.1, 0.15) is 5.82 Å². The Morgan fingerprint density at radius 2 is 2.07 bits per heavy atom. The van der Waals surface area contributed by atoms with Gasteiger partial charge in [-0.3, -0.25) is 0 Å². The zero-order valence-electron chi connectivity index (χ0n) is 8.48. The monoisotopic (exact) mass is 228 g/mol. The molecule has 1 fully saturated rings. The van der Waals surface area contributed by atoms with E-state index in [1.54, 1.807) is 25.1 Å². The molecule has 0 unspecified atom stereocenters. The molecular formula is C11H13FO2S. The third-order valence-electron chi connectivity index (χ3n) is 2.90. The standard InChI is InChI=1S/C11H13FO2S/c1-2-15(13,14)11-7-9(11)8-5-3-4-6-10(8)12/h3-6,9,11H,2,7H2,1H3/t9-,11+/m1/s1. The lowest BCUT2D eigenvalue weighted by molar-refractivity contribution is 0.593. The minimum Gasteiger partial charge on any atom is -0.229 e. The van der Waals surface area contributed by atoms with E-state index >= 15 is 0 Å². The fourth-order valence-corrected chi connectivity index (χ4v) is 3.46. The summed E-state index contributed by atoms with van der Waals surface area (Å²) in [6.07, 6.45) is 0.567. The second-order valence-electron chi connectivity index (χ2n) is 3.85. The number of halogens is 1. The Balaban J connectivity index is 2.22. The largest absolute Gasteiger partial charge is 0.229 e. The molecule has 1 aromatic carbocycles. The highest BCUT2D eigenvalue weighted by Crippen LogP contribution is 2.46. The van der Waals surface area contributed by atoms with Gasteiger partial charge in [0, 0.05) is 11.7 Å². The predicted octanol–water partition coefficient (Wildman–Crippen LogP) is 2.12. The van der Waals surface area contributed by atoms with Crippen molar-refractivity contribution in [1.82, 2.24) is 0 Å². The van der Waals surface area contributed by atoms with Gasteiger partial charge in [0.05, 0.1) is 5.25 Å². The van der Waals surface area contributed by atoms with Gasteiger partial charge < -0.3 is 0 Å². The fraction of sp³-hybridized carbons (Fsp3) is 0.455. The third-order valence-corrected chi connectivity index (χ3v) is 5.15. The molecule has 0 amide bonds. The van der Waals surface area contributed by atoms with Gasteiger partial charge in [0.2, 0.25) is 0 Å². The van der Waals surface area contributed by atoms with Crippen LogP contribution in [-0.2, 0) is 9.84 Å². The van der Waals surface area contributed by atoms with E-state index in [2.05, 4.69) is 0 Å². The van der Waals surface area contributed by atoms with E-state index in [9.17, 15) is 12.8 Å². The summed E-state index contributed by atoms with van der Waals surface area (Å²) in [4.78, 5) is 0. The minimum atomic E-state index is -3.01. The summed E-state index contributed by atoms with van der Waals surface area (Å²) in [6.45, 7) is 1.63. The van der Waals surface area contributed by atoms with E-state index in [0.29, 0.717) is 12.0 Å². The Labute approximate surface area is 89.0 Å². The van der Waals surface area contributed by atoms with Gasteiger partial charge in [-0.2, -0.15) is 0 Å². The average molecular weight is 228 g/mol. The van der Waals surface area contributed by atoms with Gasteiger partial charge in [0.25, 0.3) is 0 Å². The first-order chi connectivity index (χ1) is 7.06. The molecule has 0 aliphatic heterocycles. The van der Waals surface area contributed by atoms with Crippen molar-refractivity contribution in [3.05, 3.63) is 35.6 Å². The van der Waals surface area contributed by atoms with Crippen molar-refractivity contribution in [2.24, 2.45) is 0 Å². The van der Waals surface area contributed by atoms with E-state index in [-0.39, 0.29) is 22.7 Å². The van der Waals surface area contributed by atoms with Gasteiger partial charge in [-0.25, -0.2) is 12.8 Å². The number of hydrogen-bond acceptors (Lipinski definition) is 2. The Kier molecular flexibility index (Phi) is 2.54. The van der Waals surface area contributed by atoms with Crippen LogP contribution >= 0.6 is 0 Å². The van der Waals surface area contributed by atoms with Crippen molar-refractivity contribution in [2.45, 2.75) is 24.5 Å². The minimum absolute atomic E-state index is 0.129. The Bertz CT molecular complexity index is 467. The summed E-state index contributed by atoms with van der Waals surface area (Å²) in [5.41, 5.74) is 0.541. The summed E-state index contributed by atoms with van der Waals surface area (Å²) < 4.78 is 36.4. The van der Waals surface area contributed by atoms with Gasteiger partial charge >= 0.3 is 0 Å². The zero-order valence-corrected chi connectivity index (χ0v) is 9.30. The smallest absolute Gasteiger partial charge is 0.153 e. The normalized spacial score (nSPS) is 25.2. The highest BCUT2D eigenvalue weighted by Gasteiger charge is 2.47. The van der Waals surface area contributed by atoms with Crippen molar-refractivity contribution in [3.63, 3.8) is 0 Å². The highest BCUT2D eigenvalue weighted by molar-refractivity contribution is 7.92. The van der Waals surface area contributed by atoms with Crippen LogP contribution in [0.2, 0.25) is 0 Å². The Hall–Kier alpha value is -0.900. The Morgan fingerprint density at radius 1 is 1.40 bits per heavy atom. The summed E-state index contributed by atoms with van der Waals surface area (Å²) in [5.74, 6) is -0.282. The summed E-state index contributed by atoms with van der Waals surface area (Å²) in [6, 6.07) is 6.41. The fourth-order valence-electron chi connectivity index (χ4n) is 1.89. The lowest BCUT2D eigenvalue weighted by atomic mass is 10.1. The highest BCUT2D eigenvalue weighted by atomic mass is 32.2. The molecule has 2 atom stereocenters. The van der Waals surface area contributed by atoms with Crippen molar-refractivity contribution in [3.8, 4) is 0 Å². The van der Waals surface area contributed by atoms with Gasteiger partial charge in [-0.15, -0.1) is 0 Å². The molecule has 0 spiro atoms. The van der Waals surface area contributed by atoms with Crippen LogP contribution in [0.1, 0.15) is 24.8 Å². The molecule has 1 aliphatic carbocycles. The summed E-state index contributed by atoms with van der Waals surface area (Å²) >= 11 is 0. The molecule has 2 rings (SSSR count). The van der Waals surface area contributed by atoms with Crippen LogP contribution in [0.5, 0.6) is 0 Å². The van der Waals surface area contributed by atoms with Crippen molar-refractivity contribution < 1.29 is 12.8 Å². The van der Waals surface area contributed by atoms with Crippen LogP contribution < -0.4 is 0 Å². The number of benzene rings is 1. The molecule has 0 radical (unpaired) electrons. The first kappa shape index (κ1) is 10.6. The average Bonchev–Trinajstić information content (AvgIpc) is 2.99. The second-order valence-corrected chi connectivity index (χ2v) is 6.36. The predicted molar refractivity (Wildman–Crippen MR) is 57.0 cm³/mol. The molecule has 0 N–H and O–H groups in total. The van der Waals surface area contributed by atoms with Crippen LogP contribution in [0.15, 0.2) is 24.3 Å². The van der Waals surface area contributed by atoms with Crippen molar-refractivity contribution in [1.29, 1.82) is 0 Å². The molecule has 1 saturated carbocycles. The SMILES string of the molecule is CCS(=O)(=O)[C@H]1C[C@@H]1c1ccccc1F. The number of rotatable bonds is 3. The summed E-state index contributed by atoms with van der Waals surface area (Å²) in [5, 5.41) is -0.362. The first-order valence-corrected chi connectivity index (χ1v) is 6.74. The second kappa shape index (κ2) is 3.59. The first-order valence-electron chi connectivity index (χ1n) is 5.02. The van der Waals surface area contributed by atoms with Crippen LogP contribution in [0, 0.1) is 5.82 Å². The quantitative estimate of drug-likeness (QED) is 0.794. The number of sulfone groups is 1. The molecule has 82 valence electrons. The molecule has 0 aromatic heterocycles. The maximum atomic E-state index is 13.4. The van der Waals surface area contributed by atoms with Gasteiger partial charge in [-0.05, 0) is 18.1 Å². The van der Waals surface area contributed by atoms with E-state index < -0.39 is 9.84 Å². The molecule has 0 bridgehead atoms. The lowest BCUT2D eigenvalue weighted by Crippen LogP contribution is -2.11. The zero-order chi connectivity index (χ0) is 11.1. The Morgan fingerprint density at radius 3 is 2.67 bits per heavy atom. The molecule has 2 nitrogen and oxygen atoms in total. The lowest BCUT2D eigenvalue weighted by Gasteiger charge is -2.02. The van der Waals surface area contributed by atoms with E-state index in [1.807, 2.05) is 0 Å². The van der Waals surface area contributed by atoms with Crippen molar-refractivity contribution >= 4 is 9.84 Å². The molecule has 0 saturated heterocycles. The summed E-state index contributed by atoms with van der Waals surface area (Å²) in [7, 11) is -3.01. The van der Waals surface area contributed by atoms with Crippen LogP contribution in [-0.4, -0.2) is 19.4 Å². The third kappa shape index (κ3) is 1.91. The molecule has 1 aromatic rings. The van der Waals surface area contributed by atoms with E-state index in [0.717, 1.165) is 0 Å². The van der Waals surface area contributed by atoms with Crippen LogP contribution in [0.4, 0.5) is 4.39 Å². The molecule has 1 aliphatic rings. The van der Waals surface area contributed by atoms with Gasteiger partial charge in [-0.1, -0.05) is 25.1 Å². The van der Waals surface area contributed by atoms with Crippen LogP contribution in [0.25, 0.3) is 0 Å². The molecule has 4 heteroatoms. The van der Waals surface area contributed by atoms with Gasteiger partial charge in [0.15, 0.2) is 9.84 Å².